The number of hydrogen-bond donors (Lipinski definition) is 2. The van der Waals surface area contributed by atoms with Gasteiger partial charge in [-0.25, -0.2) is 9.18 Å². The highest BCUT2D eigenvalue weighted by atomic mass is 19.1. The SMILES string of the molecule is CC(Cc1ccccc1F)NC(=O)N1CCC(C(=O)O)C1. The maximum absolute atomic E-state index is 13.5. The van der Waals surface area contributed by atoms with Gasteiger partial charge in [-0.3, -0.25) is 4.79 Å². The van der Waals surface area contributed by atoms with E-state index in [1.807, 2.05) is 0 Å². The van der Waals surface area contributed by atoms with E-state index in [0.717, 1.165) is 0 Å². The molecule has 2 N–H and O–H groups in total. The first-order valence-electron chi connectivity index (χ1n) is 6.99. The van der Waals surface area contributed by atoms with Crippen LogP contribution in [0.3, 0.4) is 0 Å². The van der Waals surface area contributed by atoms with Crippen molar-refractivity contribution in [1.82, 2.24) is 10.2 Å². The standard InChI is InChI=1S/C15H19FN2O3/c1-10(8-11-4-2-3-5-13(11)16)17-15(21)18-7-6-12(9-18)14(19)20/h2-5,10,12H,6-9H2,1H3,(H,17,21)(H,19,20). The van der Waals surface area contributed by atoms with Crippen LogP contribution < -0.4 is 5.32 Å². The first kappa shape index (κ1) is 15.3. The van der Waals surface area contributed by atoms with Gasteiger partial charge in [0.25, 0.3) is 0 Å². The van der Waals surface area contributed by atoms with Crippen molar-refractivity contribution < 1.29 is 19.1 Å². The van der Waals surface area contributed by atoms with Crippen molar-refractivity contribution in [3.05, 3.63) is 35.6 Å². The summed E-state index contributed by atoms with van der Waals surface area (Å²) in [6.45, 7) is 2.47. The molecule has 114 valence electrons. The number of rotatable bonds is 4. The lowest BCUT2D eigenvalue weighted by molar-refractivity contribution is -0.141. The first-order valence-corrected chi connectivity index (χ1v) is 6.99. The zero-order chi connectivity index (χ0) is 15.4. The van der Waals surface area contributed by atoms with Crippen LogP contribution in [0.25, 0.3) is 0 Å². The van der Waals surface area contributed by atoms with Crippen molar-refractivity contribution in [2.75, 3.05) is 13.1 Å². The van der Waals surface area contributed by atoms with Gasteiger partial charge in [-0.05, 0) is 31.4 Å². The Morgan fingerprint density at radius 3 is 2.81 bits per heavy atom. The zero-order valence-corrected chi connectivity index (χ0v) is 11.9. The van der Waals surface area contributed by atoms with Crippen molar-refractivity contribution in [3.63, 3.8) is 0 Å². The lowest BCUT2D eigenvalue weighted by Gasteiger charge is -2.21. The summed E-state index contributed by atoms with van der Waals surface area (Å²) in [5.41, 5.74) is 0.551. The molecule has 0 saturated carbocycles. The van der Waals surface area contributed by atoms with E-state index in [4.69, 9.17) is 5.11 Å². The van der Waals surface area contributed by atoms with Gasteiger partial charge in [-0.1, -0.05) is 18.2 Å². The van der Waals surface area contributed by atoms with Gasteiger partial charge in [-0.2, -0.15) is 0 Å². The minimum absolute atomic E-state index is 0.224. The van der Waals surface area contributed by atoms with Crippen molar-refractivity contribution >= 4 is 12.0 Å². The topological polar surface area (TPSA) is 69.6 Å². The predicted molar refractivity (Wildman–Crippen MR) is 75.4 cm³/mol. The molecule has 0 bridgehead atoms. The molecule has 0 radical (unpaired) electrons. The van der Waals surface area contributed by atoms with Crippen LogP contribution in [0, 0.1) is 11.7 Å². The number of nitrogens with one attached hydrogen (secondary N) is 1. The van der Waals surface area contributed by atoms with E-state index >= 15 is 0 Å². The summed E-state index contributed by atoms with van der Waals surface area (Å²) < 4.78 is 13.5. The number of likely N-dealkylation sites (tertiary alicyclic amines) is 1. The van der Waals surface area contributed by atoms with Crippen LogP contribution in [0.1, 0.15) is 18.9 Å². The second-order valence-electron chi connectivity index (χ2n) is 5.42. The molecular formula is C15H19FN2O3. The lowest BCUT2D eigenvalue weighted by atomic mass is 10.1. The molecule has 21 heavy (non-hydrogen) atoms. The number of aliphatic carboxylic acids is 1. The van der Waals surface area contributed by atoms with Gasteiger partial charge in [0.15, 0.2) is 0 Å². The Kier molecular flexibility index (Phi) is 4.77. The number of hydrogen-bond acceptors (Lipinski definition) is 2. The third-order valence-corrected chi connectivity index (χ3v) is 3.68. The molecule has 6 heteroatoms. The molecular weight excluding hydrogens is 275 g/mol. The Morgan fingerprint density at radius 2 is 2.19 bits per heavy atom. The second kappa shape index (κ2) is 6.56. The molecule has 2 unspecified atom stereocenters. The molecule has 1 heterocycles. The monoisotopic (exact) mass is 294 g/mol. The Hall–Kier alpha value is -2.11. The number of halogens is 1. The molecule has 2 atom stereocenters. The molecule has 1 aromatic carbocycles. The van der Waals surface area contributed by atoms with Crippen molar-refractivity contribution in [1.29, 1.82) is 0 Å². The summed E-state index contributed by atoms with van der Waals surface area (Å²) in [4.78, 5) is 24.4. The number of benzene rings is 1. The van der Waals surface area contributed by atoms with Gasteiger partial charge in [-0.15, -0.1) is 0 Å². The molecule has 1 aromatic rings. The Bertz CT molecular complexity index is 535. The van der Waals surface area contributed by atoms with Crippen LogP contribution in [0.15, 0.2) is 24.3 Å². The van der Waals surface area contributed by atoms with Crippen molar-refractivity contribution in [2.45, 2.75) is 25.8 Å². The van der Waals surface area contributed by atoms with Gasteiger partial charge in [0.1, 0.15) is 5.82 Å². The summed E-state index contributed by atoms with van der Waals surface area (Å²) in [6.07, 6.45) is 0.874. The normalized spacial score (nSPS) is 19.3. The minimum Gasteiger partial charge on any atom is -0.481 e. The molecule has 1 aliphatic rings. The Balaban J connectivity index is 1.86. The number of carboxylic acids is 1. The Morgan fingerprint density at radius 1 is 1.48 bits per heavy atom. The number of carbonyl (C=O) groups is 2. The van der Waals surface area contributed by atoms with Gasteiger partial charge in [0.05, 0.1) is 5.92 Å². The number of amides is 2. The summed E-state index contributed by atoms with van der Waals surface area (Å²) in [5.74, 6) is -1.65. The van der Waals surface area contributed by atoms with E-state index in [2.05, 4.69) is 5.32 Å². The number of carbonyl (C=O) groups excluding carboxylic acids is 1. The van der Waals surface area contributed by atoms with Crippen LogP contribution in [0.2, 0.25) is 0 Å². The van der Waals surface area contributed by atoms with Gasteiger partial charge in [0, 0.05) is 19.1 Å². The molecule has 0 aliphatic carbocycles. The lowest BCUT2D eigenvalue weighted by Crippen LogP contribution is -2.43. The van der Waals surface area contributed by atoms with E-state index in [1.165, 1.54) is 11.0 Å². The van der Waals surface area contributed by atoms with Crippen LogP contribution in [-0.2, 0) is 11.2 Å². The highest BCUT2D eigenvalue weighted by Crippen LogP contribution is 2.16. The maximum Gasteiger partial charge on any atom is 0.317 e. The summed E-state index contributed by atoms with van der Waals surface area (Å²) in [7, 11) is 0. The van der Waals surface area contributed by atoms with Crippen LogP contribution in [0.4, 0.5) is 9.18 Å². The third-order valence-electron chi connectivity index (χ3n) is 3.68. The third kappa shape index (κ3) is 3.93. The zero-order valence-electron chi connectivity index (χ0n) is 11.9. The number of carboxylic acid groups (broad SMARTS) is 1. The van der Waals surface area contributed by atoms with E-state index in [9.17, 15) is 14.0 Å². The van der Waals surface area contributed by atoms with Gasteiger partial charge >= 0.3 is 12.0 Å². The minimum atomic E-state index is -0.871. The van der Waals surface area contributed by atoms with Crippen molar-refractivity contribution in [2.24, 2.45) is 5.92 Å². The first-order chi connectivity index (χ1) is 9.97. The van der Waals surface area contributed by atoms with E-state index in [-0.39, 0.29) is 24.4 Å². The molecule has 2 rings (SSSR count). The van der Waals surface area contributed by atoms with Gasteiger partial charge in [0.2, 0.25) is 0 Å². The fraction of sp³-hybridized carbons (Fsp3) is 0.467. The fourth-order valence-corrected chi connectivity index (χ4v) is 2.49. The smallest absolute Gasteiger partial charge is 0.317 e. The molecule has 1 aliphatic heterocycles. The van der Waals surface area contributed by atoms with Crippen LogP contribution >= 0.6 is 0 Å². The number of urea groups is 1. The summed E-state index contributed by atoms with van der Waals surface area (Å²) in [5, 5.41) is 11.7. The van der Waals surface area contributed by atoms with Gasteiger partial charge < -0.3 is 15.3 Å². The average molecular weight is 294 g/mol. The fourth-order valence-electron chi connectivity index (χ4n) is 2.49. The summed E-state index contributed by atoms with van der Waals surface area (Å²) >= 11 is 0. The Labute approximate surface area is 122 Å². The van der Waals surface area contributed by atoms with Crippen LogP contribution in [-0.4, -0.2) is 41.1 Å². The summed E-state index contributed by atoms with van der Waals surface area (Å²) in [6, 6.07) is 5.94. The predicted octanol–water partition coefficient (Wildman–Crippen LogP) is 1.87. The van der Waals surface area contributed by atoms with E-state index in [1.54, 1.807) is 25.1 Å². The molecule has 2 amide bonds. The van der Waals surface area contributed by atoms with E-state index < -0.39 is 11.9 Å². The molecule has 1 fully saturated rings. The molecule has 0 aromatic heterocycles. The largest absolute Gasteiger partial charge is 0.481 e. The average Bonchev–Trinajstić information content (AvgIpc) is 2.91. The molecule has 5 nitrogen and oxygen atoms in total. The quantitative estimate of drug-likeness (QED) is 0.890. The second-order valence-corrected chi connectivity index (χ2v) is 5.42. The van der Waals surface area contributed by atoms with Crippen LogP contribution in [0.5, 0.6) is 0 Å². The number of nitrogens with zero attached hydrogens (tertiary/aromatic N) is 1. The van der Waals surface area contributed by atoms with Crippen molar-refractivity contribution in [3.8, 4) is 0 Å². The maximum atomic E-state index is 13.5. The molecule has 1 saturated heterocycles. The molecule has 0 spiro atoms. The highest BCUT2D eigenvalue weighted by molar-refractivity contribution is 5.77. The van der Waals surface area contributed by atoms with E-state index in [0.29, 0.717) is 24.9 Å². The highest BCUT2D eigenvalue weighted by Gasteiger charge is 2.31.